The molecule has 43 heavy (non-hydrogen) atoms. The van der Waals surface area contributed by atoms with Gasteiger partial charge in [-0.1, -0.05) is 121 Å². The van der Waals surface area contributed by atoms with Gasteiger partial charge in [-0.2, -0.15) is 0 Å². The first-order chi connectivity index (χ1) is 19.0. The number of carbonyl (C=O) groups is 1. The van der Waals surface area contributed by atoms with Crippen LogP contribution in [0.15, 0.2) is 54.3 Å². The van der Waals surface area contributed by atoms with Crippen molar-refractivity contribution in [2.24, 2.45) is 21.7 Å². The van der Waals surface area contributed by atoms with Crippen molar-refractivity contribution < 1.29 is 30.0 Å². The molecule has 0 amide bonds. The predicted octanol–water partition coefficient (Wildman–Crippen LogP) is 11.4. The quantitative estimate of drug-likeness (QED) is 0.148. The van der Waals surface area contributed by atoms with E-state index >= 15 is 0 Å². The van der Waals surface area contributed by atoms with E-state index in [1.165, 1.54) is 22.6 Å². The molecule has 0 saturated heterocycles. The second-order valence-electron chi connectivity index (χ2n) is 16.2. The summed E-state index contributed by atoms with van der Waals surface area (Å²) in [6.07, 6.45) is 3.08. The van der Waals surface area contributed by atoms with Crippen molar-refractivity contribution in [2.75, 3.05) is 0 Å². The molecule has 0 spiro atoms. The van der Waals surface area contributed by atoms with Gasteiger partial charge in [-0.15, -0.1) is 34.9 Å². The molecule has 3 aromatic rings. The van der Waals surface area contributed by atoms with Gasteiger partial charge in [0.2, 0.25) is 0 Å². The van der Waals surface area contributed by atoms with E-state index in [0.717, 1.165) is 35.2 Å². The number of ketones is 1. The first-order valence-corrected chi connectivity index (χ1v) is 15.4. The number of hydrogen-bond donors (Lipinski definition) is 1. The first-order valence-electron chi connectivity index (χ1n) is 15.4. The normalized spacial score (nSPS) is 13.0. The van der Waals surface area contributed by atoms with E-state index in [1.54, 1.807) is 0 Å². The maximum absolute atomic E-state index is 12.5. The Morgan fingerprint density at radius 1 is 0.860 bits per heavy atom. The number of carbonyl (C=O) groups excluding carboxylic acids is 1. The molecule has 3 nitrogen and oxygen atoms in total. The van der Waals surface area contributed by atoms with Gasteiger partial charge in [0.15, 0.2) is 5.78 Å². The van der Waals surface area contributed by atoms with Crippen molar-refractivity contribution in [3.05, 3.63) is 77.1 Å². The summed E-state index contributed by atoms with van der Waals surface area (Å²) in [5.41, 5.74) is 6.28. The summed E-state index contributed by atoms with van der Waals surface area (Å²) < 4.78 is 0. The molecule has 0 unspecified atom stereocenters. The van der Waals surface area contributed by atoms with Gasteiger partial charge >= 0.3 is 0 Å². The molecule has 2 aromatic carbocycles. The monoisotopic (exact) mass is 763 g/mol. The molecular weight excluding hydrogens is 707 g/mol. The van der Waals surface area contributed by atoms with Gasteiger partial charge < -0.3 is 5.11 Å². The molecule has 1 aromatic heterocycles. The van der Waals surface area contributed by atoms with Crippen LogP contribution in [0.1, 0.15) is 119 Å². The fourth-order valence-electron chi connectivity index (χ4n) is 6.20. The Hall–Kier alpha value is -2.29. The molecule has 239 valence electrons. The topological polar surface area (TPSA) is 50.2 Å². The summed E-state index contributed by atoms with van der Waals surface area (Å²) in [5.74, 6) is 0.684. The minimum absolute atomic E-state index is 0. The minimum Gasteiger partial charge on any atom is -0.512 e. The van der Waals surface area contributed by atoms with Crippen LogP contribution < -0.4 is 0 Å². The van der Waals surface area contributed by atoms with Crippen LogP contribution in [-0.4, -0.2) is 15.9 Å². The summed E-state index contributed by atoms with van der Waals surface area (Å²) in [7, 11) is 0. The number of para-hydroxylation sites is 1. The number of benzene rings is 2. The third-order valence-corrected chi connectivity index (χ3v) is 7.37. The molecular formula is C39H56IrNO2-. The predicted molar refractivity (Wildman–Crippen MR) is 181 cm³/mol. The Kier molecular flexibility index (Phi) is 13.2. The van der Waals surface area contributed by atoms with E-state index in [9.17, 15) is 9.90 Å². The molecule has 0 aliphatic carbocycles. The smallest absolute Gasteiger partial charge is 0.164 e. The Labute approximate surface area is 276 Å². The van der Waals surface area contributed by atoms with Crippen LogP contribution in [0.2, 0.25) is 0 Å². The summed E-state index contributed by atoms with van der Waals surface area (Å²) in [4.78, 5) is 17.4. The van der Waals surface area contributed by atoms with Crippen molar-refractivity contribution >= 4 is 16.7 Å². The van der Waals surface area contributed by atoms with Crippen LogP contribution in [0.4, 0.5) is 0 Å². The molecule has 3 rings (SSSR count). The molecule has 0 saturated carbocycles. The molecule has 1 heterocycles. The van der Waals surface area contributed by atoms with E-state index in [4.69, 9.17) is 4.98 Å². The number of pyridine rings is 1. The van der Waals surface area contributed by atoms with Gasteiger partial charge in [-0.3, -0.25) is 9.78 Å². The Morgan fingerprint density at radius 3 is 1.91 bits per heavy atom. The van der Waals surface area contributed by atoms with Crippen LogP contribution in [0.5, 0.6) is 0 Å². The molecule has 0 atom stereocenters. The number of aliphatic hydroxyl groups is 1. The van der Waals surface area contributed by atoms with Gasteiger partial charge in [0.25, 0.3) is 0 Å². The van der Waals surface area contributed by atoms with Crippen molar-refractivity contribution in [2.45, 2.75) is 116 Å². The second-order valence-corrected chi connectivity index (χ2v) is 16.2. The summed E-state index contributed by atoms with van der Waals surface area (Å²) in [6, 6.07) is 18.3. The van der Waals surface area contributed by atoms with Crippen LogP contribution >= 0.6 is 0 Å². The maximum atomic E-state index is 12.5. The van der Waals surface area contributed by atoms with Gasteiger partial charge in [0, 0.05) is 42.4 Å². The number of nitrogens with zero attached hydrogens (tertiary/aromatic N) is 1. The second kappa shape index (κ2) is 14.7. The molecule has 1 radical (unpaired) electrons. The SMILES string of the molecule is CC(C)(C)CC(C)(C)C(=O)/C=C(\O)C(C)(C)CC(C)(C)C.Cc1[c-]c(-c2cc(C(C)C)c3ccccc3n2)cc(C)c1.[Ir]. The Balaban J connectivity index is 0.000000420. The van der Waals surface area contributed by atoms with Crippen molar-refractivity contribution in [3.63, 3.8) is 0 Å². The molecule has 1 N–H and O–H groups in total. The number of aliphatic hydroxyl groups excluding tert-OH is 1. The zero-order valence-corrected chi connectivity index (χ0v) is 31.6. The van der Waals surface area contributed by atoms with Crippen molar-refractivity contribution in [3.8, 4) is 11.3 Å². The fourth-order valence-corrected chi connectivity index (χ4v) is 6.20. The summed E-state index contributed by atoms with van der Waals surface area (Å²) in [6.45, 7) is 29.4. The van der Waals surface area contributed by atoms with Crippen LogP contribution in [0.3, 0.4) is 0 Å². The number of aryl methyl sites for hydroxylation is 2. The maximum Gasteiger partial charge on any atom is 0.164 e. The number of fused-ring (bicyclic) bond motifs is 1. The number of rotatable bonds is 7. The average Bonchev–Trinajstić information content (AvgIpc) is 2.80. The molecule has 4 heteroatoms. The zero-order chi connectivity index (χ0) is 32.3. The molecule has 0 fully saturated rings. The zero-order valence-electron chi connectivity index (χ0n) is 29.2. The Morgan fingerprint density at radius 2 is 1.40 bits per heavy atom. The van der Waals surface area contributed by atoms with E-state index in [1.807, 2.05) is 27.7 Å². The first kappa shape index (κ1) is 38.7. The van der Waals surface area contributed by atoms with E-state index in [0.29, 0.717) is 5.92 Å². The standard InChI is InChI=1S/C20H20N.C19H36O2.Ir/c1-13(2)18-12-20(16-10-14(3)9-15(4)11-16)21-19-8-6-5-7-17(18)19;1-16(2,3)12-18(7,8)14(20)11-15(21)19(9,10)13-17(4,5)6;/h5-10,12-13H,1-4H3;11,20H,12-13H2,1-10H3;/q-1;;/b;14-11-;. The summed E-state index contributed by atoms with van der Waals surface area (Å²) in [5, 5.41) is 11.7. The third kappa shape index (κ3) is 12.0. The van der Waals surface area contributed by atoms with Crippen molar-refractivity contribution in [1.82, 2.24) is 4.98 Å². The van der Waals surface area contributed by atoms with Crippen LogP contribution in [0, 0.1) is 41.6 Å². The van der Waals surface area contributed by atoms with Gasteiger partial charge in [-0.05, 0) is 46.9 Å². The third-order valence-electron chi connectivity index (χ3n) is 7.37. The molecule has 0 aliphatic heterocycles. The summed E-state index contributed by atoms with van der Waals surface area (Å²) >= 11 is 0. The van der Waals surface area contributed by atoms with Crippen molar-refractivity contribution in [1.29, 1.82) is 0 Å². The molecule has 0 bridgehead atoms. The number of aromatic nitrogens is 1. The van der Waals surface area contributed by atoms with E-state index in [2.05, 4.69) is 118 Å². The Bertz CT molecular complexity index is 1400. The minimum atomic E-state index is -0.454. The largest absolute Gasteiger partial charge is 0.512 e. The van der Waals surface area contributed by atoms with Gasteiger partial charge in [0.05, 0.1) is 5.52 Å². The van der Waals surface area contributed by atoms with E-state index < -0.39 is 5.41 Å². The van der Waals surface area contributed by atoms with Crippen LogP contribution in [-0.2, 0) is 24.9 Å². The van der Waals surface area contributed by atoms with Gasteiger partial charge in [0.1, 0.15) is 5.76 Å². The fraction of sp³-hybridized carbons (Fsp3) is 0.538. The number of allylic oxidation sites excluding steroid dienone is 2. The van der Waals surface area contributed by atoms with Gasteiger partial charge in [-0.25, -0.2) is 0 Å². The average molecular weight is 763 g/mol. The molecule has 0 aliphatic rings. The van der Waals surface area contributed by atoms with E-state index in [-0.39, 0.29) is 47.9 Å². The number of hydrogen-bond acceptors (Lipinski definition) is 3. The van der Waals surface area contributed by atoms with Crippen LogP contribution in [0.25, 0.3) is 22.2 Å².